The van der Waals surface area contributed by atoms with E-state index >= 15 is 0 Å². The van der Waals surface area contributed by atoms with Gasteiger partial charge in [-0.25, -0.2) is 4.99 Å². The number of hydrogen-bond donors (Lipinski definition) is 4. The Balaban J connectivity index is 4.45. The summed E-state index contributed by atoms with van der Waals surface area (Å²) in [5.41, 5.74) is 5.18. The zero-order valence-corrected chi connectivity index (χ0v) is 6.36. The van der Waals surface area contributed by atoms with Crippen LogP contribution in [0.5, 0.6) is 0 Å². The maximum Gasteiger partial charge on any atom is 0.146 e. The second-order valence-corrected chi connectivity index (χ2v) is 1.97. The highest BCUT2D eigenvalue weighted by Crippen LogP contribution is 1.86. The van der Waals surface area contributed by atoms with Gasteiger partial charge in [0.2, 0.25) is 0 Å². The van der Waals surface area contributed by atoms with Gasteiger partial charge in [0.15, 0.2) is 0 Å². The molecule has 6 nitrogen and oxygen atoms in total. The summed E-state index contributed by atoms with van der Waals surface area (Å²) < 4.78 is 0. The molecule has 0 aromatic heterocycles. The molecule has 0 heterocycles. The molecule has 0 amide bonds. The number of aliphatic hydroxyl groups is 2. The van der Waals surface area contributed by atoms with Crippen LogP contribution in [-0.2, 0) is 0 Å². The first-order chi connectivity index (χ1) is 5.65. The van der Waals surface area contributed by atoms with Crippen molar-refractivity contribution < 1.29 is 10.2 Å². The third kappa shape index (κ3) is 3.21. The van der Waals surface area contributed by atoms with Crippen molar-refractivity contribution in [1.82, 2.24) is 0 Å². The van der Waals surface area contributed by atoms with E-state index in [9.17, 15) is 0 Å². The normalized spacial score (nSPS) is 13.7. The quantitative estimate of drug-likeness (QED) is 0.295. The predicted octanol–water partition coefficient (Wildman–Crippen LogP) is -1.76. The molecule has 12 heavy (non-hydrogen) atoms. The lowest BCUT2D eigenvalue weighted by molar-refractivity contribution is 0.351. The average molecular weight is 170 g/mol. The van der Waals surface area contributed by atoms with Gasteiger partial charge in [-0.15, -0.1) is 0 Å². The van der Waals surface area contributed by atoms with Gasteiger partial charge in [0, 0.05) is 0 Å². The molecule has 0 radical (unpaired) electrons. The molecule has 0 bridgehead atoms. The van der Waals surface area contributed by atoms with Crippen LogP contribution in [0, 0.1) is 16.7 Å². The minimum absolute atomic E-state index is 0.0171. The van der Waals surface area contributed by atoms with Crippen LogP contribution in [0.3, 0.4) is 0 Å². The second-order valence-electron chi connectivity index (χ2n) is 1.97. The van der Waals surface area contributed by atoms with Crippen molar-refractivity contribution in [3.05, 3.63) is 0 Å². The number of amidine groups is 1. The molecule has 0 spiro atoms. The highest BCUT2D eigenvalue weighted by molar-refractivity contribution is 6.01. The lowest BCUT2D eigenvalue weighted by Gasteiger charge is -2.03. The van der Waals surface area contributed by atoms with Gasteiger partial charge < -0.3 is 15.9 Å². The number of nitrogens with two attached hydrogens (primary N) is 1. The van der Waals surface area contributed by atoms with E-state index in [1.165, 1.54) is 0 Å². The zero-order valence-electron chi connectivity index (χ0n) is 6.36. The van der Waals surface area contributed by atoms with E-state index in [-0.39, 0.29) is 11.5 Å². The molecule has 0 saturated carbocycles. The molecule has 0 aliphatic rings. The van der Waals surface area contributed by atoms with Crippen LogP contribution in [0.15, 0.2) is 4.99 Å². The summed E-state index contributed by atoms with van der Waals surface area (Å²) in [7, 11) is 0. The Morgan fingerprint density at radius 2 is 2.17 bits per heavy atom. The van der Waals surface area contributed by atoms with Crippen molar-refractivity contribution in [3.63, 3.8) is 0 Å². The number of nitrogens with zero attached hydrogens (tertiary/aromatic N) is 2. The summed E-state index contributed by atoms with van der Waals surface area (Å²) in [5.74, 6) is -0.329. The monoisotopic (exact) mass is 170 g/mol. The molecule has 0 fully saturated rings. The minimum Gasteiger partial charge on any atom is -0.390 e. The molecular weight excluding hydrogens is 160 g/mol. The molecule has 1 unspecified atom stereocenters. The van der Waals surface area contributed by atoms with Crippen LogP contribution in [0.1, 0.15) is 0 Å². The van der Waals surface area contributed by atoms with Crippen molar-refractivity contribution in [2.24, 2.45) is 10.7 Å². The van der Waals surface area contributed by atoms with Gasteiger partial charge in [0.1, 0.15) is 18.5 Å². The molecule has 0 saturated heterocycles. The third-order valence-corrected chi connectivity index (χ3v) is 1.09. The summed E-state index contributed by atoms with van der Waals surface area (Å²) in [5, 5.41) is 32.3. The molecule has 0 aromatic carbocycles. The smallest absolute Gasteiger partial charge is 0.146 e. The number of aliphatic imine (C=N–C) groups is 1. The maximum absolute atomic E-state index is 8.63. The highest BCUT2D eigenvalue weighted by atomic mass is 16.3. The van der Waals surface area contributed by atoms with Crippen molar-refractivity contribution in [3.8, 4) is 6.07 Å². The first-order valence-corrected chi connectivity index (χ1v) is 3.17. The number of hydrogen-bond acceptors (Lipinski definition) is 5. The van der Waals surface area contributed by atoms with Crippen LogP contribution in [0.4, 0.5) is 0 Å². The van der Waals surface area contributed by atoms with Crippen molar-refractivity contribution in [2.45, 2.75) is 6.04 Å². The summed E-state index contributed by atoms with van der Waals surface area (Å²) in [6.45, 7) is -1.03. The van der Waals surface area contributed by atoms with Crippen molar-refractivity contribution in [2.75, 3.05) is 13.2 Å². The van der Waals surface area contributed by atoms with Crippen LogP contribution in [-0.4, -0.2) is 41.0 Å². The molecule has 6 heteroatoms. The van der Waals surface area contributed by atoms with Gasteiger partial charge >= 0.3 is 0 Å². The number of nitriles is 1. The summed E-state index contributed by atoms with van der Waals surface area (Å²) in [4.78, 5) is 3.44. The van der Waals surface area contributed by atoms with Crippen molar-refractivity contribution >= 4 is 11.5 Å². The zero-order chi connectivity index (χ0) is 9.56. The molecule has 5 N–H and O–H groups in total. The number of rotatable bonds is 3. The van der Waals surface area contributed by atoms with E-state index < -0.39 is 19.3 Å². The van der Waals surface area contributed by atoms with Crippen LogP contribution >= 0.6 is 0 Å². The SMILES string of the molecule is N#CC(N)C(CO)=NC(=N)CO. The third-order valence-electron chi connectivity index (χ3n) is 1.09. The molecule has 0 aliphatic carbocycles. The van der Waals surface area contributed by atoms with Crippen LogP contribution in [0.2, 0.25) is 0 Å². The fourth-order valence-electron chi connectivity index (χ4n) is 0.486. The Kier molecular flexibility index (Phi) is 4.79. The van der Waals surface area contributed by atoms with Gasteiger partial charge in [0.05, 0.1) is 18.4 Å². The Morgan fingerprint density at radius 1 is 1.58 bits per heavy atom. The van der Waals surface area contributed by atoms with Gasteiger partial charge in [-0.05, 0) is 0 Å². The lowest BCUT2D eigenvalue weighted by atomic mass is 10.2. The van der Waals surface area contributed by atoms with Gasteiger partial charge in [-0.2, -0.15) is 5.26 Å². The molecule has 0 aromatic rings. The molecule has 0 rings (SSSR count). The van der Waals surface area contributed by atoms with E-state index in [1.807, 2.05) is 0 Å². The predicted molar refractivity (Wildman–Crippen MR) is 42.9 cm³/mol. The largest absolute Gasteiger partial charge is 0.390 e. The van der Waals surface area contributed by atoms with Gasteiger partial charge in [-0.3, -0.25) is 5.41 Å². The first-order valence-electron chi connectivity index (χ1n) is 3.17. The van der Waals surface area contributed by atoms with Crippen LogP contribution < -0.4 is 5.73 Å². The Hall–Kier alpha value is -1.29. The average Bonchev–Trinajstić information content (AvgIpc) is 2.12. The Labute approximate surface area is 69.5 Å². The summed E-state index contributed by atoms with van der Waals surface area (Å²) in [6.07, 6.45) is 0. The van der Waals surface area contributed by atoms with Crippen molar-refractivity contribution in [1.29, 1.82) is 10.7 Å². The Morgan fingerprint density at radius 3 is 2.50 bits per heavy atom. The minimum atomic E-state index is -1.03. The molecule has 66 valence electrons. The molecule has 1 atom stereocenters. The standard InChI is InChI=1S/C6H10N4O2/c7-1-4(8)5(2-11)10-6(9)3-12/h4,9,11-12H,2-3,8H2. The highest BCUT2D eigenvalue weighted by Gasteiger charge is 2.08. The Bertz CT molecular complexity index is 230. The fraction of sp³-hybridized carbons (Fsp3) is 0.500. The van der Waals surface area contributed by atoms with E-state index in [0.29, 0.717) is 0 Å². The van der Waals surface area contributed by atoms with Gasteiger partial charge in [-0.1, -0.05) is 0 Å². The maximum atomic E-state index is 8.63. The molecule has 0 aliphatic heterocycles. The van der Waals surface area contributed by atoms with E-state index in [2.05, 4.69) is 4.99 Å². The van der Waals surface area contributed by atoms with Crippen LogP contribution in [0.25, 0.3) is 0 Å². The second kappa shape index (κ2) is 5.37. The van der Waals surface area contributed by atoms with E-state index in [0.717, 1.165) is 0 Å². The fourth-order valence-corrected chi connectivity index (χ4v) is 0.486. The van der Waals surface area contributed by atoms with Gasteiger partial charge in [0.25, 0.3) is 0 Å². The van der Waals surface area contributed by atoms with E-state index in [4.69, 9.17) is 26.6 Å². The number of nitrogens with one attached hydrogen (secondary N) is 1. The van der Waals surface area contributed by atoms with E-state index in [1.54, 1.807) is 6.07 Å². The first kappa shape index (κ1) is 10.7. The number of aliphatic hydroxyl groups excluding tert-OH is 2. The lowest BCUT2D eigenvalue weighted by Crippen LogP contribution is -2.32. The summed E-state index contributed by atoms with van der Waals surface area (Å²) in [6, 6.07) is 0.628. The summed E-state index contributed by atoms with van der Waals surface area (Å²) >= 11 is 0. The topological polar surface area (TPSA) is 126 Å². The molecular formula is C6H10N4O2.